The van der Waals surface area contributed by atoms with Gasteiger partial charge >= 0.3 is 0 Å². The Hall–Kier alpha value is -3.12. The summed E-state index contributed by atoms with van der Waals surface area (Å²) in [5, 5.41) is 45.3. The van der Waals surface area contributed by atoms with Gasteiger partial charge in [-0.05, 0) is 31.2 Å². The lowest BCUT2D eigenvalue weighted by Gasteiger charge is -1.93. The molecule has 0 radical (unpaired) electrons. The molecule has 3 aromatic heterocycles. The second kappa shape index (κ2) is 3.19. The van der Waals surface area contributed by atoms with Gasteiger partial charge in [-0.25, -0.2) is 4.63 Å². The van der Waals surface area contributed by atoms with Crippen molar-refractivity contribution in [3.63, 3.8) is 0 Å². The zero-order chi connectivity index (χ0) is 11.8. The average Bonchev–Trinajstić information content (AvgIpc) is 2.97. The fourth-order valence-electron chi connectivity index (χ4n) is 1.13. The first-order valence-corrected chi connectivity index (χ1v) is 4.06. The quantitative estimate of drug-likeness (QED) is 0.467. The van der Waals surface area contributed by atoms with Crippen LogP contribution in [-0.4, -0.2) is 61.5 Å². The number of hydrogen-bond donors (Lipinski definition) is 2. The maximum absolute atomic E-state index is 9.26. The van der Waals surface area contributed by atoms with Crippen molar-refractivity contribution in [3.8, 4) is 23.0 Å². The van der Waals surface area contributed by atoms with Gasteiger partial charge in [-0.2, -0.15) is 0 Å². The van der Waals surface area contributed by atoms with Gasteiger partial charge in [0.25, 0.3) is 0 Å². The molecule has 0 saturated carbocycles. The zero-order valence-electron chi connectivity index (χ0n) is 7.77. The molecule has 0 saturated heterocycles. The Morgan fingerprint density at radius 1 is 0.824 bits per heavy atom. The zero-order valence-corrected chi connectivity index (χ0v) is 7.77. The molecule has 0 aromatic carbocycles. The summed E-state index contributed by atoms with van der Waals surface area (Å²) in [4.78, 5) is 0.739. The molecule has 0 bridgehead atoms. The Balaban J connectivity index is 2.19. The molecule has 0 amide bonds. The van der Waals surface area contributed by atoms with Crippen molar-refractivity contribution in [2.24, 2.45) is 0 Å². The van der Waals surface area contributed by atoms with Gasteiger partial charge in [-0.1, -0.05) is 9.69 Å². The summed E-state index contributed by atoms with van der Waals surface area (Å²) in [7, 11) is 0. The second-order valence-electron chi connectivity index (χ2n) is 2.75. The van der Waals surface area contributed by atoms with E-state index in [0.29, 0.717) is 9.69 Å². The molecule has 3 aromatic rings. The molecular weight excluding hydrogens is 236 g/mol. The topological polar surface area (TPSA) is 167 Å². The fraction of sp³-hybridized carbons (Fsp3) is 0. The molecule has 0 aliphatic heterocycles. The van der Waals surface area contributed by atoms with Crippen LogP contribution < -0.4 is 0 Å². The van der Waals surface area contributed by atoms with E-state index in [-0.39, 0.29) is 23.0 Å². The molecule has 0 fully saturated rings. The van der Waals surface area contributed by atoms with Gasteiger partial charge in [0.05, 0.1) is 0 Å². The lowest BCUT2D eigenvalue weighted by Crippen LogP contribution is -2.01. The molecule has 0 spiro atoms. The van der Waals surface area contributed by atoms with E-state index >= 15 is 0 Å². The van der Waals surface area contributed by atoms with Crippen molar-refractivity contribution < 1.29 is 15.0 Å². The summed E-state index contributed by atoms with van der Waals surface area (Å²) in [6.07, 6.45) is 0. The lowest BCUT2D eigenvalue weighted by molar-refractivity contribution is 0.145. The van der Waals surface area contributed by atoms with E-state index in [1.165, 1.54) is 0 Å². The molecule has 3 rings (SSSR count). The van der Waals surface area contributed by atoms with Crippen LogP contribution in [0.1, 0.15) is 0 Å². The van der Waals surface area contributed by atoms with Gasteiger partial charge < -0.3 is 10.4 Å². The molecule has 0 atom stereocenters. The van der Waals surface area contributed by atoms with Gasteiger partial charge in [-0.15, -0.1) is 10.2 Å². The van der Waals surface area contributed by atoms with Gasteiger partial charge in [-0.3, -0.25) is 0 Å². The van der Waals surface area contributed by atoms with Gasteiger partial charge in [0.15, 0.2) is 11.4 Å². The SMILES string of the molecule is On1nnnc1-c1nonc1-c1nnnn1O. The number of aromatic nitrogens is 10. The fourth-order valence-corrected chi connectivity index (χ4v) is 1.13. The average molecular weight is 238 g/mol. The highest BCUT2D eigenvalue weighted by molar-refractivity contribution is 5.68. The smallest absolute Gasteiger partial charge is 0.246 e. The normalized spacial score (nSPS) is 10.8. The Morgan fingerprint density at radius 3 is 1.65 bits per heavy atom. The first-order chi connectivity index (χ1) is 8.27. The van der Waals surface area contributed by atoms with Crippen molar-refractivity contribution >= 4 is 0 Å². The summed E-state index contributed by atoms with van der Waals surface area (Å²) in [5.74, 6) is -0.270. The van der Waals surface area contributed by atoms with E-state index in [0.717, 1.165) is 0 Å². The van der Waals surface area contributed by atoms with Crippen LogP contribution in [0.2, 0.25) is 0 Å². The molecule has 17 heavy (non-hydrogen) atoms. The van der Waals surface area contributed by atoms with E-state index in [1.807, 2.05) is 0 Å². The number of hydrogen-bond acceptors (Lipinski definition) is 11. The van der Waals surface area contributed by atoms with Crippen molar-refractivity contribution in [1.29, 1.82) is 0 Å². The molecule has 2 N–H and O–H groups in total. The second-order valence-corrected chi connectivity index (χ2v) is 2.75. The number of tetrazole rings is 2. The summed E-state index contributed by atoms with van der Waals surface area (Å²) < 4.78 is 4.46. The predicted molar refractivity (Wildman–Crippen MR) is 42.3 cm³/mol. The molecule has 3 heterocycles. The summed E-state index contributed by atoms with van der Waals surface area (Å²) in [5.41, 5.74) is -0.0507. The van der Waals surface area contributed by atoms with Gasteiger partial charge in [0, 0.05) is 0 Å². The molecule has 13 heteroatoms. The lowest BCUT2D eigenvalue weighted by atomic mass is 10.3. The van der Waals surface area contributed by atoms with Crippen LogP contribution in [0.3, 0.4) is 0 Å². The Labute approximate surface area is 90.1 Å². The molecule has 86 valence electrons. The Bertz CT molecular complexity index is 597. The minimum atomic E-state index is -0.135. The summed E-state index contributed by atoms with van der Waals surface area (Å²) >= 11 is 0. The summed E-state index contributed by atoms with van der Waals surface area (Å²) in [6.45, 7) is 0. The third-order valence-corrected chi connectivity index (χ3v) is 1.82. The van der Waals surface area contributed by atoms with E-state index in [1.54, 1.807) is 0 Å². The van der Waals surface area contributed by atoms with E-state index in [2.05, 4.69) is 46.0 Å². The predicted octanol–water partition coefficient (Wildman–Crippen LogP) is -2.15. The van der Waals surface area contributed by atoms with Crippen molar-refractivity contribution in [1.82, 2.24) is 51.1 Å². The van der Waals surface area contributed by atoms with Crippen LogP contribution in [0.4, 0.5) is 0 Å². The van der Waals surface area contributed by atoms with Crippen LogP contribution >= 0.6 is 0 Å². The van der Waals surface area contributed by atoms with Crippen LogP contribution in [0, 0.1) is 0 Å². The molecule has 0 unspecified atom stereocenters. The number of nitrogens with zero attached hydrogens (tertiary/aromatic N) is 10. The maximum Gasteiger partial charge on any atom is 0.246 e. The largest absolute Gasteiger partial charge is 0.409 e. The highest BCUT2D eigenvalue weighted by Crippen LogP contribution is 2.23. The van der Waals surface area contributed by atoms with Crippen molar-refractivity contribution in [2.45, 2.75) is 0 Å². The highest BCUT2D eigenvalue weighted by Gasteiger charge is 2.25. The Morgan fingerprint density at radius 2 is 1.29 bits per heavy atom. The van der Waals surface area contributed by atoms with Gasteiger partial charge in [0.1, 0.15) is 0 Å². The highest BCUT2D eigenvalue weighted by atomic mass is 16.6. The molecule has 0 aliphatic rings. The first-order valence-electron chi connectivity index (χ1n) is 4.06. The standard InChI is InChI=1S/C4H2N10O3/c15-13-3(5-9-11-13)1-2(8-17-7-1)4-6-10-12-14(4)16/h15-16H. The van der Waals surface area contributed by atoms with Crippen LogP contribution in [0.5, 0.6) is 0 Å². The van der Waals surface area contributed by atoms with Gasteiger partial charge in [0.2, 0.25) is 11.6 Å². The molecular formula is C4H2N10O3. The number of rotatable bonds is 2. The third-order valence-electron chi connectivity index (χ3n) is 1.82. The minimum Gasteiger partial charge on any atom is -0.409 e. The maximum atomic E-state index is 9.26. The summed E-state index contributed by atoms with van der Waals surface area (Å²) in [6, 6.07) is 0. The molecule has 0 aliphatic carbocycles. The van der Waals surface area contributed by atoms with Crippen molar-refractivity contribution in [2.75, 3.05) is 0 Å². The monoisotopic (exact) mass is 238 g/mol. The first kappa shape index (κ1) is 9.13. The third kappa shape index (κ3) is 1.25. The van der Waals surface area contributed by atoms with Crippen LogP contribution in [-0.2, 0) is 0 Å². The molecule has 13 nitrogen and oxygen atoms in total. The van der Waals surface area contributed by atoms with E-state index in [4.69, 9.17) is 0 Å². The van der Waals surface area contributed by atoms with E-state index < -0.39 is 0 Å². The van der Waals surface area contributed by atoms with Crippen LogP contribution in [0.25, 0.3) is 23.0 Å². The van der Waals surface area contributed by atoms with E-state index in [9.17, 15) is 10.4 Å². The minimum absolute atomic E-state index is 0.0254. The van der Waals surface area contributed by atoms with Crippen molar-refractivity contribution in [3.05, 3.63) is 0 Å². The Kier molecular flexibility index (Phi) is 1.71. The van der Waals surface area contributed by atoms with Crippen LogP contribution in [0.15, 0.2) is 4.63 Å².